The molecule has 0 spiro atoms. The number of carbonyl (C=O) groups excluding carboxylic acids is 6. The van der Waals surface area contributed by atoms with E-state index in [4.69, 9.17) is 28.4 Å². The van der Waals surface area contributed by atoms with E-state index in [2.05, 4.69) is 0 Å². The summed E-state index contributed by atoms with van der Waals surface area (Å²) in [6, 6.07) is 0. The Bertz CT molecular complexity index is 1350. The van der Waals surface area contributed by atoms with Crippen molar-refractivity contribution in [1.82, 2.24) is 0 Å². The van der Waals surface area contributed by atoms with E-state index in [9.17, 15) is 39.0 Å². The van der Waals surface area contributed by atoms with E-state index in [0.29, 0.717) is 12.8 Å². The molecule has 360 valence electrons. The number of rotatable bonds is 30. The Morgan fingerprint density at radius 3 is 1.02 bits per heavy atom. The van der Waals surface area contributed by atoms with Gasteiger partial charge in [0.2, 0.25) is 0 Å². The third-order valence-electron chi connectivity index (χ3n) is 11.7. The Hall–Kier alpha value is -3.14. The molecule has 2 unspecified atom stereocenters. The summed E-state index contributed by atoms with van der Waals surface area (Å²) in [4.78, 5) is 71.2. The molecule has 0 aromatic heterocycles. The zero-order chi connectivity index (χ0) is 48.7. The number of hydrogen-bond donors (Lipinski definition) is 2. The molecule has 0 aliphatic heterocycles. The Labute approximate surface area is 373 Å². The van der Waals surface area contributed by atoms with Gasteiger partial charge in [-0.25, -0.2) is 0 Å². The van der Waals surface area contributed by atoms with Crippen molar-refractivity contribution in [3.63, 3.8) is 0 Å². The first-order chi connectivity index (χ1) is 28.6. The van der Waals surface area contributed by atoms with Crippen LogP contribution in [-0.4, -0.2) is 111 Å². The van der Waals surface area contributed by atoms with Crippen LogP contribution in [0.2, 0.25) is 0 Å². The zero-order valence-corrected chi connectivity index (χ0v) is 41.4. The summed E-state index contributed by atoms with van der Waals surface area (Å²) >= 11 is 0. The Morgan fingerprint density at radius 2 is 0.790 bits per heavy atom. The fraction of sp³-hybridized carbons (Fsp3) is 0.792. The SMILES string of the molecule is COC(OC)C(C)(C)C(=O)[C@@H](C)[C@H](O)[C@@H](C)CCC/C(C)=C\CC(OC(C)=O)C(C)=O.COC(OC)C(C)(C)C(=O)[C@H](C)[C@@H](O)[C@@H](C)CCC/C(C)=C\CC(OC(C)=O)C(C)=O. The first-order valence-electron chi connectivity index (χ1n) is 21.8. The van der Waals surface area contributed by atoms with E-state index < -0.39 is 71.6 Å². The fourth-order valence-corrected chi connectivity index (χ4v) is 7.64. The number of esters is 2. The number of allylic oxidation sites excluding steroid dienone is 2. The summed E-state index contributed by atoms with van der Waals surface area (Å²) in [6.45, 7) is 23.8. The lowest BCUT2D eigenvalue weighted by molar-refractivity contribution is -0.183. The molecule has 0 amide bonds. The third kappa shape index (κ3) is 21.5. The number of Topliss-reactive ketones (excluding diaryl/α,β-unsaturated/α-hetero) is 4. The minimum absolute atomic E-state index is 0.0582. The maximum Gasteiger partial charge on any atom is 0.303 e. The van der Waals surface area contributed by atoms with Gasteiger partial charge in [0.05, 0.1) is 23.0 Å². The molecule has 0 aliphatic rings. The van der Waals surface area contributed by atoms with E-state index in [-0.39, 0.29) is 35.0 Å². The monoisotopic (exact) mass is 885 g/mol. The summed E-state index contributed by atoms with van der Waals surface area (Å²) in [7, 11) is 5.97. The number of methoxy groups -OCH3 is 4. The number of ether oxygens (including phenoxy) is 6. The average molecular weight is 885 g/mol. The second kappa shape index (κ2) is 30.1. The standard InChI is InChI=1S/2C24H42O7/c2*1-15(13-14-20(18(4)25)31-19(5)26)11-10-12-16(2)21(27)17(3)22(28)24(6,7)23(29-8)30-9/h2*13,16-17,20-21,23,27H,10-12,14H2,1-9H3/b2*15-13-/t16-,17+,20?,21-;16-,17-,20?,21+/m00/s1. The molecule has 0 fully saturated rings. The van der Waals surface area contributed by atoms with Gasteiger partial charge in [-0.05, 0) is 106 Å². The van der Waals surface area contributed by atoms with Crippen LogP contribution in [0.1, 0.15) is 148 Å². The summed E-state index contributed by atoms with van der Waals surface area (Å²) in [5.41, 5.74) is 0.428. The normalized spacial score (nSPS) is 16.5. The lowest BCUT2D eigenvalue weighted by atomic mass is 9.76. The van der Waals surface area contributed by atoms with Gasteiger partial charge in [-0.2, -0.15) is 0 Å². The fourth-order valence-electron chi connectivity index (χ4n) is 7.64. The van der Waals surface area contributed by atoms with Crippen molar-refractivity contribution in [2.45, 2.75) is 185 Å². The quantitative estimate of drug-likeness (QED) is 0.0404. The molecule has 0 aliphatic carbocycles. The average Bonchev–Trinajstić information content (AvgIpc) is 3.19. The molecule has 2 N–H and O–H groups in total. The van der Waals surface area contributed by atoms with Gasteiger partial charge < -0.3 is 38.6 Å². The molecule has 0 aromatic rings. The number of aliphatic hydroxyl groups excluding tert-OH is 2. The van der Waals surface area contributed by atoms with Gasteiger partial charge in [-0.3, -0.25) is 28.8 Å². The Kier molecular flexibility index (Phi) is 29.6. The highest BCUT2D eigenvalue weighted by atomic mass is 16.7. The van der Waals surface area contributed by atoms with E-state index in [1.807, 2.05) is 39.8 Å². The summed E-state index contributed by atoms with van der Waals surface area (Å²) in [5, 5.41) is 21.5. The third-order valence-corrected chi connectivity index (χ3v) is 11.7. The van der Waals surface area contributed by atoms with Crippen molar-refractivity contribution in [1.29, 1.82) is 0 Å². The van der Waals surface area contributed by atoms with Gasteiger partial charge in [0.25, 0.3) is 0 Å². The van der Waals surface area contributed by atoms with Gasteiger partial charge in [0.15, 0.2) is 36.4 Å². The number of ketones is 4. The van der Waals surface area contributed by atoms with Crippen LogP contribution in [0.25, 0.3) is 0 Å². The minimum atomic E-state index is -0.877. The van der Waals surface area contributed by atoms with Crippen LogP contribution in [0.15, 0.2) is 23.3 Å². The Morgan fingerprint density at radius 1 is 0.516 bits per heavy atom. The molecule has 0 bridgehead atoms. The highest BCUT2D eigenvalue weighted by Gasteiger charge is 2.43. The Balaban J connectivity index is 0. The van der Waals surface area contributed by atoms with Crippen molar-refractivity contribution in [3.05, 3.63) is 23.3 Å². The van der Waals surface area contributed by atoms with Crippen LogP contribution in [0.4, 0.5) is 0 Å². The maximum atomic E-state index is 12.9. The molecule has 62 heavy (non-hydrogen) atoms. The molecule has 0 aromatic carbocycles. The van der Waals surface area contributed by atoms with Gasteiger partial charge in [0, 0.05) is 67.0 Å². The van der Waals surface area contributed by atoms with E-state index >= 15 is 0 Å². The smallest absolute Gasteiger partial charge is 0.303 e. The highest BCUT2D eigenvalue weighted by Crippen LogP contribution is 2.33. The molecule has 0 saturated carbocycles. The molecule has 8 atom stereocenters. The first-order valence-corrected chi connectivity index (χ1v) is 21.8. The van der Waals surface area contributed by atoms with Crippen LogP contribution >= 0.6 is 0 Å². The van der Waals surface area contributed by atoms with Crippen molar-refractivity contribution in [2.75, 3.05) is 28.4 Å². The van der Waals surface area contributed by atoms with Crippen molar-refractivity contribution < 1.29 is 67.4 Å². The van der Waals surface area contributed by atoms with Gasteiger partial charge in [0.1, 0.15) is 11.6 Å². The van der Waals surface area contributed by atoms with Crippen LogP contribution in [-0.2, 0) is 57.2 Å². The van der Waals surface area contributed by atoms with E-state index in [1.54, 1.807) is 41.5 Å². The molecule has 0 saturated heterocycles. The largest absolute Gasteiger partial charge is 0.454 e. The lowest BCUT2D eigenvalue weighted by Gasteiger charge is -2.35. The van der Waals surface area contributed by atoms with Crippen molar-refractivity contribution >= 4 is 35.1 Å². The molecule has 0 rings (SSSR count). The number of aliphatic hydroxyl groups is 2. The van der Waals surface area contributed by atoms with Crippen molar-refractivity contribution in [3.8, 4) is 0 Å². The molecular formula is C48H84O14. The van der Waals surface area contributed by atoms with Crippen LogP contribution in [0.5, 0.6) is 0 Å². The lowest BCUT2D eigenvalue weighted by Crippen LogP contribution is -2.46. The molecular weight excluding hydrogens is 801 g/mol. The summed E-state index contributed by atoms with van der Waals surface area (Å²) < 4.78 is 31.1. The topological polar surface area (TPSA) is 198 Å². The summed E-state index contributed by atoms with van der Waals surface area (Å²) in [6.07, 6.45) is 4.95. The highest BCUT2D eigenvalue weighted by molar-refractivity contribution is 5.87. The second-order valence-corrected chi connectivity index (χ2v) is 18.1. The number of carbonyl (C=O) groups is 6. The first kappa shape index (κ1) is 60.9. The van der Waals surface area contributed by atoms with Crippen LogP contribution in [0.3, 0.4) is 0 Å². The molecule has 0 heterocycles. The minimum Gasteiger partial charge on any atom is -0.454 e. The van der Waals surface area contributed by atoms with E-state index in [1.165, 1.54) is 56.1 Å². The molecule has 14 heteroatoms. The van der Waals surface area contributed by atoms with Crippen molar-refractivity contribution in [2.24, 2.45) is 34.5 Å². The summed E-state index contributed by atoms with van der Waals surface area (Å²) in [5.74, 6) is -2.71. The molecule has 0 radical (unpaired) electrons. The number of hydrogen-bond acceptors (Lipinski definition) is 14. The van der Waals surface area contributed by atoms with Crippen LogP contribution in [0, 0.1) is 34.5 Å². The van der Waals surface area contributed by atoms with Gasteiger partial charge >= 0.3 is 11.9 Å². The van der Waals surface area contributed by atoms with Gasteiger partial charge in [-0.1, -0.05) is 51.0 Å². The maximum absolute atomic E-state index is 12.9. The van der Waals surface area contributed by atoms with Crippen LogP contribution < -0.4 is 0 Å². The second-order valence-electron chi connectivity index (χ2n) is 18.1. The zero-order valence-electron chi connectivity index (χ0n) is 41.4. The predicted molar refractivity (Wildman–Crippen MR) is 239 cm³/mol. The van der Waals surface area contributed by atoms with Gasteiger partial charge in [-0.15, -0.1) is 0 Å². The van der Waals surface area contributed by atoms with E-state index in [0.717, 1.165) is 49.7 Å². The predicted octanol–water partition coefficient (Wildman–Crippen LogP) is 7.72. The molecule has 14 nitrogen and oxygen atoms in total.